The highest BCUT2D eigenvalue weighted by Gasteiger charge is 2.20. The van der Waals surface area contributed by atoms with Crippen molar-refractivity contribution in [2.24, 2.45) is 0 Å². The first kappa shape index (κ1) is 19.7. The van der Waals surface area contributed by atoms with E-state index < -0.39 is 11.0 Å². The topological polar surface area (TPSA) is 81.5 Å². The second-order valence-corrected chi connectivity index (χ2v) is 6.72. The van der Waals surface area contributed by atoms with Crippen LogP contribution in [0.1, 0.15) is 37.8 Å². The first-order valence-corrected chi connectivity index (χ1v) is 8.59. The van der Waals surface area contributed by atoms with Gasteiger partial charge in [-0.3, -0.25) is 14.9 Å². The molecule has 138 valence electrons. The van der Waals surface area contributed by atoms with Gasteiger partial charge in [-0.1, -0.05) is 43.6 Å². The number of nitro benzene ring substituents is 1. The summed E-state index contributed by atoms with van der Waals surface area (Å²) >= 11 is 6.01. The molecule has 26 heavy (non-hydrogen) atoms. The number of halogens is 1. The fourth-order valence-corrected chi connectivity index (χ4v) is 2.73. The number of rotatable bonds is 6. The number of amides is 1. The minimum absolute atomic E-state index is 0.0811. The summed E-state index contributed by atoms with van der Waals surface area (Å²) in [6, 6.07) is 9.73. The van der Waals surface area contributed by atoms with Crippen molar-refractivity contribution in [3.05, 3.63) is 62.7 Å². The largest absolute Gasteiger partial charge is 0.479 e. The summed E-state index contributed by atoms with van der Waals surface area (Å²) in [7, 11) is 0. The molecule has 0 aliphatic rings. The van der Waals surface area contributed by atoms with E-state index in [1.54, 1.807) is 6.92 Å². The predicted octanol–water partition coefficient (Wildman–Crippen LogP) is 5.09. The van der Waals surface area contributed by atoms with Crippen LogP contribution >= 0.6 is 11.6 Å². The molecule has 0 aliphatic carbocycles. The lowest BCUT2D eigenvalue weighted by molar-refractivity contribution is -0.384. The average Bonchev–Trinajstić information content (AvgIpc) is 2.57. The molecule has 1 amide bonds. The van der Waals surface area contributed by atoms with Gasteiger partial charge in [-0.25, -0.2) is 0 Å². The SMILES string of the molecule is Cc1cccc(C(C)C)c1NC(=O)[C@@H](C)Oc1ccc([N+](=O)[O-])cc1Cl. The summed E-state index contributed by atoms with van der Waals surface area (Å²) in [5, 5.41) is 13.8. The van der Waals surface area contributed by atoms with E-state index in [-0.39, 0.29) is 28.3 Å². The zero-order chi connectivity index (χ0) is 19.4. The molecule has 2 rings (SSSR count). The molecule has 0 aliphatic heterocycles. The van der Waals surface area contributed by atoms with E-state index in [9.17, 15) is 14.9 Å². The minimum atomic E-state index is -0.825. The highest BCUT2D eigenvalue weighted by Crippen LogP contribution is 2.30. The Morgan fingerprint density at radius 2 is 1.92 bits per heavy atom. The molecule has 2 aromatic carbocycles. The summed E-state index contributed by atoms with van der Waals surface area (Å²) in [6.45, 7) is 7.64. The van der Waals surface area contributed by atoms with Crippen LogP contribution < -0.4 is 10.1 Å². The van der Waals surface area contributed by atoms with E-state index in [0.717, 1.165) is 16.8 Å². The van der Waals surface area contributed by atoms with Gasteiger partial charge in [0.1, 0.15) is 5.75 Å². The fourth-order valence-electron chi connectivity index (χ4n) is 2.51. The lowest BCUT2D eigenvalue weighted by Crippen LogP contribution is -2.31. The van der Waals surface area contributed by atoms with Crippen molar-refractivity contribution in [3.8, 4) is 5.75 Å². The molecule has 0 aromatic heterocycles. The van der Waals surface area contributed by atoms with Crippen LogP contribution in [0.25, 0.3) is 0 Å². The molecule has 0 fully saturated rings. The first-order chi connectivity index (χ1) is 12.2. The van der Waals surface area contributed by atoms with Crippen molar-refractivity contribution in [2.45, 2.75) is 39.7 Å². The summed E-state index contributed by atoms with van der Waals surface area (Å²) < 4.78 is 5.59. The number of carbonyl (C=O) groups excluding carboxylic acids is 1. The second-order valence-electron chi connectivity index (χ2n) is 6.32. The summed E-state index contributed by atoms with van der Waals surface area (Å²) in [5.74, 6) is 0.148. The number of non-ortho nitro benzene ring substituents is 1. The fraction of sp³-hybridized carbons (Fsp3) is 0.316. The van der Waals surface area contributed by atoms with Crippen molar-refractivity contribution >= 4 is 28.9 Å². The van der Waals surface area contributed by atoms with Crippen LogP contribution in [-0.4, -0.2) is 16.9 Å². The van der Waals surface area contributed by atoms with Crippen LogP contribution in [-0.2, 0) is 4.79 Å². The number of nitrogens with one attached hydrogen (secondary N) is 1. The Bertz CT molecular complexity index is 836. The number of ether oxygens (including phenoxy) is 1. The first-order valence-electron chi connectivity index (χ1n) is 8.21. The van der Waals surface area contributed by atoms with E-state index in [1.165, 1.54) is 18.2 Å². The molecule has 0 unspecified atom stereocenters. The highest BCUT2D eigenvalue weighted by atomic mass is 35.5. The van der Waals surface area contributed by atoms with Crippen molar-refractivity contribution in [1.29, 1.82) is 0 Å². The molecule has 1 atom stereocenters. The smallest absolute Gasteiger partial charge is 0.271 e. The highest BCUT2D eigenvalue weighted by molar-refractivity contribution is 6.32. The maximum Gasteiger partial charge on any atom is 0.271 e. The number of benzene rings is 2. The summed E-state index contributed by atoms with van der Waals surface area (Å²) in [6.07, 6.45) is -0.825. The number of nitrogens with zero attached hydrogens (tertiary/aromatic N) is 1. The van der Waals surface area contributed by atoms with Gasteiger partial charge >= 0.3 is 0 Å². The van der Waals surface area contributed by atoms with Gasteiger partial charge in [0.2, 0.25) is 0 Å². The lowest BCUT2D eigenvalue weighted by atomic mass is 9.98. The normalized spacial score (nSPS) is 11.9. The van der Waals surface area contributed by atoms with Crippen molar-refractivity contribution in [2.75, 3.05) is 5.32 Å². The molecule has 0 heterocycles. The number of para-hydroxylation sites is 1. The molecule has 0 spiro atoms. The van der Waals surface area contributed by atoms with Gasteiger partial charge in [-0.2, -0.15) is 0 Å². The van der Waals surface area contributed by atoms with Crippen molar-refractivity contribution in [3.63, 3.8) is 0 Å². The van der Waals surface area contributed by atoms with Crippen LogP contribution in [0.4, 0.5) is 11.4 Å². The lowest BCUT2D eigenvalue weighted by Gasteiger charge is -2.19. The van der Waals surface area contributed by atoms with Gasteiger partial charge in [0.25, 0.3) is 11.6 Å². The average molecular weight is 377 g/mol. The standard InChI is InChI=1S/C19H21ClN2O4/c1-11(2)15-7-5-6-12(3)18(15)21-19(23)13(4)26-17-9-8-14(22(24)25)10-16(17)20/h5-11,13H,1-4H3,(H,21,23)/t13-/m1/s1. The zero-order valence-corrected chi connectivity index (χ0v) is 15.8. The molecule has 0 saturated carbocycles. The summed E-state index contributed by atoms with van der Waals surface area (Å²) in [4.78, 5) is 22.8. The third-order valence-corrected chi connectivity index (χ3v) is 4.27. The Morgan fingerprint density at radius 3 is 2.50 bits per heavy atom. The van der Waals surface area contributed by atoms with Crippen LogP contribution in [0, 0.1) is 17.0 Å². The molecule has 0 saturated heterocycles. The van der Waals surface area contributed by atoms with E-state index in [0.29, 0.717) is 0 Å². The van der Waals surface area contributed by atoms with Crippen molar-refractivity contribution in [1.82, 2.24) is 0 Å². The van der Waals surface area contributed by atoms with Crippen LogP contribution in [0.2, 0.25) is 5.02 Å². The van der Waals surface area contributed by atoms with Gasteiger partial charge in [0, 0.05) is 17.8 Å². The van der Waals surface area contributed by atoms with Gasteiger partial charge in [0.05, 0.1) is 9.95 Å². The molecule has 2 aromatic rings. The molecular weight excluding hydrogens is 356 g/mol. The van der Waals surface area contributed by atoms with E-state index in [1.807, 2.05) is 25.1 Å². The Kier molecular flexibility index (Phi) is 6.21. The van der Waals surface area contributed by atoms with Crippen LogP contribution in [0.5, 0.6) is 5.75 Å². The monoisotopic (exact) mass is 376 g/mol. The predicted molar refractivity (Wildman–Crippen MR) is 102 cm³/mol. The quantitative estimate of drug-likeness (QED) is 0.562. The zero-order valence-electron chi connectivity index (χ0n) is 15.1. The van der Waals surface area contributed by atoms with E-state index in [2.05, 4.69) is 19.2 Å². The number of anilines is 1. The number of nitro groups is 1. The Hall–Kier alpha value is -2.60. The molecular formula is C19H21ClN2O4. The molecule has 6 nitrogen and oxygen atoms in total. The van der Waals surface area contributed by atoms with Crippen molar-refractivity contribution < 1.29 is 14.5 Å². The Morgan fingerprint density at radius 1 is 1.23 bits per heavy atom. The van der Waals surface area contributed by atoms with Gasteiger partial charge in [-0.15, -0.1) is 0 Å². The van der Waals surface area contributed by atoms with Gasteiger partial charge < -0.3 is 10.1 Å². The summed E-state index contributed by atoms with van der Waals surface area (Å²) in [5.41, 5.74) is 2.64. The van der Waals surface area contributed by atoms with Gasteiger partial charge in [0.15, 0.2) is 6.10 Å². The van der Waals surface area contributed by atoms with Crippen LogP contribution in [0.15, 0.2) is 36.4 Å². The third kappa shape index (κ3) is 4.52. The number of carbonyl (C=O) groups is 1. The molecule has 7 heteroatoms. The number of hydrogen-bond donors (Lipinski definition) is 1. The Balaban J connectivity index is 2.15. The molecule has 0 radical (unpaired) electrons. The Labute approximate surface area is 157 Å². The second kappa shape index (κ2) is 8.19. The minimum Gasteiger partial charge on any atom is -0.479 e. The maximum atomic E-state index is 12.5. The molecule has 0 bridgehead atoms. The van der Waals surface area contributed by atoms with Crippen LogP contribution in [0.3, 0.4) is 0 Å². The third-order valence-electron chi connectivity index (χ3n) is 3.97. The number of aryl methyl sites for hydroxylation is 1. The number of hydrogen-bond acceptors (Lipinski definition) is 4. The van der Waals surface area contributed by atoms with E-state index in [4.69, 9.17) is 16.3 Å². The van der Waals surface area contributed by atoms with Gasteiger partial charge in [-0.05, 0) is 37.0 Å². The maximum absolute atomic E-state index is 12.5. The van der Waals surface area contributed by atoms with E-state index >= 15 is 0 Å². The molecule has 1 N–H and O–H groups in total.